The molecule has 0 aliphatic carbocycles. The van der Waals surface area contributed by atoms with E-state index in [9.17, 15) is 0 Å². The molecule has 18 heavy (non-hydrogen) atoms. The van der Waals surface area contributed by atoms with E-state index >= 15 is 0 Å². The molecule has 0 N–H and O–H groups in total. The minimum Gasteiger partial charge on any atom is -0.376 e. The Balaban J connectivity index is 2.01. The summed E-state index contributed by atoms with van der Waals surface area (Å²) in [5.41, 5.74) is 0.916. The topological polar surface area (TPSA) is 25.4 Å². The van der Waals surface area contributed by atoms with Gasteiger partial charge in [0.05, 0.1) is 11.1 Å². The van der Waals surface area contributed by atoms with Crippen LogP contribution in [-0.2, 0) is 10.6 Å². The van der Waals surface area contributed by atoms with Gasteiger partial charge in [-0.3, -0.25) is 0 Å². The number of aromatic nitrogens is 1. The minimum atomic E-state index is 0.306. The van der Waals surface area contributed by atoms with Crippen LogP contribution in [0.2, 0.25) is 5.02 Å². The Labute approximate surface area is 118 Å². The molecule has 1 atom stereocenters. The zero-order valence-corrected chi connectivity index (χ0v) is 12.0. The average Bonchev–Trinajstić information content (AvgIpc) is 2.40. The highest BCUT2D eigenvalue weighted by atomic mass is 35.5. The van der Waals surface area contributed by atoms with Crippen molar-refractivity contribution >= 4 is 29.0 Å². The number of hydrogen-bond donors (Lipinski definition) is 0. The molecule has 2 heterocycles. The SMILES string of the molecule is CN(CC1CCCCO1)c1cc(CCl)c(Cl)cn1. The molecule has 100 valence electrons. The van der Waals surface area contributed by atoms with Crippen molar-refractivity contribution in [3.63, 3.8) is 0 Å². The third kappa shape index (κ3) is 3.50. The van der Waals surface area contributed by atoms with Gasteiger partial charge < -0.3 is 9.64 Å². The molecule has 1 aliphatic rings. The van der Waals surface area contributed by atoms with E-state index in [2.05, 4.69) is 9.88 Å². The van der Waals surface area contributed by atoms with Crippen molar-refractivity contribution in [3.8, 4) is 0 Å². The Bertz CT molecular complexity index is 395. The molecule has 2 rings (SSSR count). The summed E-state index contributed by atoms with van der Waals surface area (Å²) >= 11 is 11.8. The van der Waals surface area contributed by atoms with Gasteiger partial charge in [-0.2, -0.15) is 0 Å². The van der Waals surface area contributed by atoms with Gasteiger partial charge in [0.15, 0.2) is 0 Å². The molecule has 1 aliphatic heterocycles. The highest BCUT2D eigenvalue weighted by Crippen LogP contribution is 2.22. The maximum absolute atomic E-state index is 6.00. The van der Waals surface area contributed by atoms with Crippen molar-refractivity contribution < 1.29 is 4.74 Å². The van der Waals surface area contributed by atoms with Crippen LogP contribution >= 0.6 is 23.2 Å². The predicted molar refractivity (Wildman–Crippen MR) is 75.7 cm³/mol. The number of halogens is 2. The smallest absolute Gasteiger partial charge is 0.128 e. The van der Waals surface area contributed by atoms with Crippen LogP contribution in [0.25, 0.3) is 0 Å². The van der Waals surface area contributed by atoms with Crippen molar-refractivity contribution in [2.75, 3.05) is 25.1 Å². The number of rotatable bonds is 4. The molecule has 1 fully saturated rings. The van der Waals surface area contributed by atoms with E-state index in [1.807, 2.05) is 13.1 Å². The molecular formula is C13H18Cl2N2O. The molecule has 1 aromatic heterocycles. The standard InChI is InChI=1S/C13H18Cl2N2O/c1-17(9-11-4-2-3-5-18-11)13-6-10(7-14)12(15)8-16-13/h6,8,11H,2-5,7,9H2,1H3. The number of hydrogen-bond acceptors (Lipinski definition) is 3. The van der Waals surface area contributed by atoms with Gasteiger partial charge in [0, 0.05) is 32.3 Å². The largest absolute Gasteiger partial charge is 0.376 e. The highest BCUT2D eigenvalue weighted by Gasteiger charge is 2.17. The van der Waals surface area contributed by atoms with Crippen molar-refractivity contribution in [2.45, 2.75) is 31.2 Å². The summed E-state index contributed by atoms with van der Waals surface area (Å²) < 4.78 is 5.73. The van der Waals surface area contributed by atoms with Crippen LogP contribution in [-0.4, -0.2) is 31.3 Å². The molecule has 3 nitrogen and oxygen atoms in total. The lowest BCUT2D eigenvalue weighted by molar-refractivity contribution is 0.0215. The Morgan fingerprint density at radius 2 is 2.33 bits per heavy atom. The van der Waals surface area contributed by atoms with Gasteiger partial charge >= 0.3 is 0 Å². The monoisotopic (exact) mass is 288 g/mol. The van der Waals surface area contributed by atoms with Gasteiger partial charge in [0.2, 0.25) is 0 Å². The van der Waals surface area contributed by atoms with Gasteiger partial charge in [-0.05, 0) is 30.9 Å². The lowest BCUT2D eigenvalue weighted by atomic mass is 10.1. The van der Waals surface area contributed by atoms with Gasteiger partial charge in [-0.15, -0.1) is 11.6 Å². The quantitative estimate of drug-likeness (QED) is 0.793. The lowest BCUT2D eigenvalue weighted by Crippen LogP contribution is -2.33. The second-order valence-electron chi connectivity index (χ2n) is 4.64. The van der Waals surface area contributed by atoms with Crippen LogP contribution < -0.4 is 4.90 Å². The number of alkyl halides is 1. The number of likely N-dealkylation sites (N-methyl/N-ethyl adjacent to an activating group) is 1. The van der Waals surface area contributed by atoms with Crippen LogP contribution in [0, 0.1) is 0 Å². The zero-order valence-electron chi connectivity index (χ0n) is 10.5. The molecule has 0 aromatic carbocycles. The lowest BCUT2D eigenvalue weighted by Gasteiger charge is -2.28. The summed E-state index contributed by atoms with van der Waals surface area (Å²) in [6.07, 6.45) is 5.52. The molecule has 0 spiro atoms. The normalized spacial score (nSPS) is 19.8. The third-order valence-corrected chi connectivity index (χ3v) is 3.84. The van der Waals surface area contributed by atoms with E-state index in [-0.39, 0.29) is 0 Å². The Kier molecular flexibility index (Phi) is 5.10. The van der Waals surface area contributed by atoms with Crippen molar-refractivity contribution in [2.24, 2.45) is 0 Å². The molecule has 5 heteroatoms. The maximum Gasteiger partial charge on any atom is 0.128 e. The van der Waals surface area contributed by atoms with Crippen LogP contribution in [0.15, 0.2) is 12.3 Å². The van der Waals surface area contributed by atoms with Crippen molar-refractivity contribution in [1.29, 1.82) is 0 Å². The summed E-state index contributed by atoms with van der Waals surface area (Å²) in [6, 6.07) is 1.94. The van der Waals surface area contributed by atoms with Gasteiger partial charge in [0.25, 0.3) is 0 Å². The van der Waals surface area contributed by atoms with Crippen LogP contribution in [0.5, 0.6) is 0 Å². The number of nitrogens with zero attached hydrogens (tertiary/aromatic N) is 2. The summed E-state index contributed by atoms with van der Waals surface area (Å²) in [7, 11) is 2.02. The van der Waals surface area contributed by atoms with Gasteiger partial charge in [0.1, 0.15) is 5.82 Å². The first-order valence-corrected chi connectivity index (χ1v) is 7.15. The maximum atomic E-state index is 6.00. The summed E-state index contributed by atoms with van der Waals surface area (Å²) in [6.45, 7) is 1.73. The fraction of sp³-hybridized carbons (Fsp3) is 0.615. The molecule has 0 saturated carbocycles. The molecule has 1 saturated heterocycles. The minimum absolute atomic E-state index is 0.306. The van der Waals surface area contributed by atoms with Crippen LogP contribution in [0.3, 0.4) is 0 Å². The van der Waals surface area contributed by atoms with E-state index < -0.39 is 0 Å². The van der Waals surface area contributed by atoms with Crippen molar-refractivity contribution in [3.05, 3.63) is 22.8 Å². The van der Waals surface area contributed by atoms with Gasteiger partial charge in [-0.25, -0.2) is 4.98 Å². The summed E-state index contributed by atoms with van der Waals surface area (Å²) in [5, 5.41) is 0.621. The van der Waals surface area contributed by atoms with E-state index in [0.717, 1.165) is 31.0 Å². The fourth-order valence-electron chi connectivity index (χ4n) is 2.13. The Morgan fingerprint density at radius 1 is 1.50 bits per heavy atom. The molecule has 1 unspecified atom stereocenters. The number of pyridine rings is 1. The molecule has 0 bridgehead atoms. The predicted octanol–water partition coefficient (Wildman–Crippen LogP) is 3.48. The first-order valence-electron chi connectivity index (χ1n) is 6.24. The van der Waals surface area contributed by atoms with E-state index in [1.54, 1.807) is 6.20 Å². The summed E-state index contributed by atoms with van der Waals surface area (Å²) in [5.74, 6) is 1.30. The van der Waals surface area contributed by atoms with Crippen LogP contribution in [0.1, 0.15) is 24.8 Å². The Hall–Kier alpha value is -0.510. The van der Waals surface area contributed by atoms with E-state index in [1.165, 1.54) is 12.8 Å². The fourth-order valence-corrected chi connectivity index (χ4v) is 2.59. The number of anilines is 1. The van der Waals surface area contributed by atoms with Crippen molar-refractivity contribution in [1.82, 2.24) is 4.98 Å². The molecule has 0 radical (unpaired) electrons. The second kappa shape index (κ2) is 6.60. The summed E-state index contributed by atoms with van der Waals surface area (Å²) in [4.78, 5) is 6.43. The first-order chi connectivity index (χ1) is 8.70. The average molecular weight is 289 g/mol. The molecule has 0 amide bonds. The van der Waals surface area contributed by atoms with Gasteiger partial charge in [-0.1, -0.05) is 11.6 Å². The van der Waals surface area contributed by atoms with Crippen LogP contribution in [0.4, 0.5) is 5.82 Å². The first kappa shape index (κ1) is 13.9. The molecular weight excluding hydrogens is 271 g/mol. The second-order valence-corrected chi connectivity index (χ2v) is 5.31. The Morgan fingerprint density at radius 3 is 3.00 bits per heavy atom. The number of ether oxygens (including phenoxy) is 1. The molecule has 1 aromatic rings. The highest BCUT2D eigenvalue weighted by molar-refractivity contribution is 6.32. The third-order valence-electron chi connectivity index (χ3n) is 3.21. The van der Waals surface area contributed by atoms with E-state index in [0.29, 0.717) is 17.0 Å². The zero-order chi connectivity index (χ0) is 13.0. The van der Waals surface area contributed by atoms with E-state index in [4.69, 9.17) is 27.9 Å².